The van der Waals surface area contributed by atoms with Gasteiger partial charge in [-0.1, -0.05) is 0 Å². The molecule has 0 saturated heterocycles. The number of rotatable bonds is 4. The fourth-order valence-electron chi connectivity index (χ4n) is 0.435. The monoisotopic (exact) mass is 133 g/mol. The van der Waals surface area contributed by atoms with Crippen LogP contribution in [-0.2, 0) is 4.79 Å². The van der Waals surface area contributed by atoms with Crippen molar-refractivity contribution in [3.8, 4) is 0 Å². The molecule has 9 heavy (non-hydrogen) atoms. The van der Waals surface area contributed by atoms with E-state index in [0.29, 0.717) is 12.8 Å². The van der Waals surface area contributed by atoms with E-state index in [-0.39, 0.29) is 6.61 Å². The van der Waals surface area contributed by atoms with Gasteiger partial charge in [0.25, 0.3) is 0 Å². The van der Waals surface area contributed by atoms with Gasteiger partial charge < -0.3 is 15.9 Å². The molecule has 0 spiro atoms. The second-order valence-corrected chi connectivity index (χ2v) is 1.81. The Kier molecular flexibility index (Phi) is 4.00. The zero-order valence-electron chi connectivity index (χ0n) is 5.08. The summed E-state index contributed by atoms with van der Waals surface area (Å²) in [6, 6.07) is -0.822. The number of carboxylic acid groups (broad SMARTS) is 1. The molecule has 4 nitrogen and oxygen atoms in total. The van der Waals surface area contributed by atoms with Crippen LogP contribution in [-0.4, -0.2) is 28.8 Å². The van der Waals surface area contributed by atoms with Crippen LogP contribution in [0.5, 0.6) is 0 Å². The summed E-state index contributed by atoms with van der Waals surface area (Å²) in [5, 5.41) is 16.5. The molecule has 54 valence electrons. The molecule has 0 rings (SSSR count). The lowest BCUT2D eigenvalue weighted by atomic mass is 10.2. The molecule has 0 amide bonds. The lowest BCUT2D eigenvalue weighted by Crippen LogP contribution is -2.29. The van der Waals surface area contributed by atoms with Crippen molar-refractivity contribution in [2.45, 2.75) is 18.9 Å². The Labute approximate surface area is 53.3 Å². The molecule has 0 aliphatic carbocycles. The zero-order valence-corrected chi connectivity index (χ0v) is 5.08. The molecule has 1 atom stereocenters. The fourth-order valence-corrected chi connectivity index (χ4v) is 0.435. The van der Waals surface area contributed by atoms with Crippen LogP contribution < -0.4 is 5.73 Å². The molecule has 0 aromatic rings. The van der Waals surface area contributed by atoms with E-state index >= 15 is 0 Å². The quantitative estimate of drug-likeness (QED) is 0.467. The lowest BCUT2D eigenvalue weighted by Gasteiger charge is -2.02. The average molecular weight is 133 g/mol. The van der Waals surface area contributed by atoms with Gasteiger partial charge in [0.1, 0.15) is 6.04 Å². The molecule has 4 N–H and O–H groups in total. The standard InChI is InChI=1S/C5H11NO3/c6-4(5(8)9)2-1-3-7/h4,7H,1-3,6H2,(H,8,9). The first-order chi connectivity index (χ1) is 4.18. The number of aliphatic hydroxyl groups is 1. The van der Waals surface area contributed by atoms with Gasteiger partial charge in [-0.25, -0.2) is 0 Å². The van der Waals surface area contributed by atoms with E-state index in [2.05, 4.69) is 0 Å². The highest BCUT2D eigenvalue weighted by Crippen LogP contribution is 1.91. The highest BCUT2D eigenvalue weighted by Gasteiger charge is 2.08. The third-order valence-electron chi connectivity index (χ3n) is 0.990. The highest BCUT2D eigenvalue weighted by molar-refractivity contribution is 5.72. The lowest BCUT2D eigenvalue weighted by molar-refractivity contribution is -0.138. The summed E-state index contributed by atoms with van der Waals surface area (Å²) in [7, 11) is 0. The van der Waals surface area contributed by atoms with Crippen molar-refractivity contribution < 1.29 is 15.0 Å². The van der Waals surface area contributed by atoms with Crippen LogP contribution >= 0.6 is 0 Å². The van der Waals surface area contributed by atoms with Crippen LogP contribution in [0.2, 0.25) is 0 Å². The summed E-state index contributed by atoms with van der Waals surface area (Å²) in [5.41, 5.74) is 5.09. The van der Waals surface area contributed by atoms with E-state index in [0.717, 1.165) is 0 Å². The van der Waals surface area contributed by atoms with E-state index in [1.165, 1.54) is 0 Å². The second-order valence-electron chi connectivity index (χ2n) is 1.81. The molecule has 0 aromatic carbocycles. The minimum Gasteiger partial charge on any atom is -0.480 e. The average Bonchev–Trinajstić information content (AvgIpc) is 1.82. The molecule has 4 heteroatoms. The molecule has 0 fully saturated rings. The van der Waals surface area contributed by atoms with Crippen LogP contribution in [0.25, 0.3) is 0 Å². The summed E-state index contributed by atoms with van der Waals surface area (Å²) in [6.07, 6.45) is 0.791. The van der Waals surface area contributed by atoms with Gasteiger partial charge in [0, 0.05) is 6.61 Å². The van der Waals surface area contributed by atoms with E-state index in [9.17, 15) is 4.79 Å². The smallest absolute Gasteiger partial charge is 0.320 e. The maximum atomic E-state index is 10.00. The van der Waals surface area contributed by atoms with Gasteiger partial charge in [-0.2, -0.15) is 0 Å². The van der Waals surface area contributed by atoms with Crippen molar-refractivity contribution >= 4 is 5.97 Å². The maximum absolute atomic E-state index is 10.00. The van der Waals surface area contributed by atoms with Gasteiger partial charge in [-0.05, 0) is 12.8 Å². The molecule has 0 heterocycles. The van der Waals surface area contributed by atoms with E-state index in [1.807, 2.05) is 0 Å². The third-order valence-corrected chi connectivity index (χ3v) is 0.990. The topological polar surface area (TPSA) is 83.5 Å². The van der Waals surface area contributed by atoms with Gasteiger partial charge in [-0.3, -0.25) is 4.79 Å². The van der Waals surface area contributed by atoms with Crippen LogP contribution in [0.15, 0.2) is 0 Å². The highest BCUT2D eigenvalue weighted by atomic mass is 16.4. The molecule has 0 aliphatic heterocycles. The van der Waals surface area contributed by atoms with Gasteiger partial charge in [0.15, 0.2) is 0 Å². The van der Waals surface area contributed by atoms with Crippen molar-refractivity contribution in [1.82, 2.24) is 0 Å². The Morgan fingerprint density at radius 3 is 2.56 bits per heavy atom. The number of hydrogen-bond acceptors (Lipinski definition) is 3. The maximum Gasteiger partial charge on any atom is 0.320 e. The van der Waals surface area contributed by atoms with E-state index < -0.39 is 12.0 Å². The number of aliphatic carboxylic acids is 1. The number of carbonyl (C=O) groups is 1. The molecular weight excluding hydrogens is 122 g/mol. The van der Waals surface area contributed by atoms with Gasteiger partial charge >= 0.3 is 5.97 Å². The Bertz CT molecular complexity index is 94.2. The first-order valence-corrected chi connectivity index (χ1v) is 2.77. The van der Waals surface area contributed by atoms with Gasteiger partial charge in [0.2, 0.25) is 0 Å². The van der Waals surface area contributed by atoms with Crippen molar-refractivity contribution in [3.63, 3.8) is 0 Å². The predicted molar refractivity (Wildman–Crippen MR) is 31.9 cm³/mol. The molecule has 0 radical (unpaired) electrons. The van der Waals surface area contributed by atoms with E-state index in [4.69, 9.17) is 15.9 Å². The Morgan fingerprint density at radius 1 is 1.67 bits per heavy atom. The third kappa shape index (κ3) is 3.93. The van der Waals surface area contributed by atoms with Gasteiger partial charge in [-0.15, -0.1) is 0 Å². The minimum absolute atomic E-state index is 0.000972. The normalized spacial score (nSPS) is 13.1. The summed E-state index contributed by atoms with van der Waals surface area (Å²) in [4.78, 5) is 10.00. The van der Waals surface area contributed by atoms with Crippen LogP contribution in [0.1, 0.15) is 12.8 Å². The zero-order chi connectivity index (χ0) is 7.28. The largest absolute Gasteiger partial charge is 0.480 e. The fraction of sp³-hybridized carbons (Fsp3) is 0.800. The molecule has 0 saturated carbocycles. The predicted octanol–water partition coefficient (Wildman–Crippen LogP) is -0.829. The SMILES string of the molecule is NC(CCCO)C(=O)O. The number of hydrogen-bond donors (Lipinski definition) is 3. The number of carboxylic acids is 1. The summed E-state index contributed by atoms with van der Waals surface area (Å²) < 4.78 is 0. The second kappa shape index (κ2) is 4.29. The number of aliphatic hydroxyl groups excluding tert-OH is 1. The summed E-state index contributed by atoms with van der Waals surface area (Å²) in [6.45, 7) is 0.000972. The van der Waals surface area contributed by atoms with Crippen molar-refractivity contribution in [1.29, 1.82) is 0 Å². The Balaban J connectivity index is 3.27. The molecular formula is C5H11NO3. The Hall–Kier alpha value is -0.610. The number of nitrogens with two attached hydrogens (primary N) is 1. The van der Waals surface area contributed by atoms with Crippen molar-refractivity contribution in [2.75, 3.05) is 6.61 Å². The first kappa shape index (κ1) is 8.39. The van der Waals surface area contributed by atoms with Crippen LogP contribution in [0.4, 0.5) is 0 Å². The minimum atomic E-state index is -1.01. The van der Waals surface area contributed by atoms with E-state index in [1.54, 1.807) is 0 Å². The molecule has 0 bridgehead atoms. The van der Waals surface area contributed by atoms with Crippen molar-refractivity contribution in [3.05, 3.63) is 0 Å². The molecule has 1 unspecified atom stereocenters. The van der Waals surface area contributed by atoms with Crippen LogP contribution in [0.3, 0.4) is 0 Å². The summed E-state index contributed by atoms with van der Waals surface area (Å²) >= 11 is 0. The molecule has 0 aliphatic rings. The molecule has 0 aromatic heterocycles. The summed E-state index contributed by atoms with van der Waals surface area (Å²) in [5.74, 6) is -1.01. The van der Waals surface area contributed by atoms with Crippen LogP contribution in [0, 0.1) is 0 Å². The first-order valence-electron chi connectivity index (χ1n) is 2.77. The van der Waals surface area contributed by atoms with Gasteiger partial charge in [0.05, 0.1) is 0 Å². The van der Waals surface area contributed by atoms with Crippen molar-refractivity contribution in [2.24, 2.45) is 5.73 Å². The Morgan fingerprint density at radius 2 is 2.22 bits per heavy atom.